The molecular weight excluding hydrogens is 384 g/mol. The Kier molecular flexibility index (Phi) is 5.65. The van der Waals surface area contributed by atoms with Gasteiger partial charge in [-0.3, -0.25) is 4.55 Å². The number of ether oxygens (including phenoxy) is 1. The molecule has 0 aliphatic rings. The lowest BCUT2D eigenvalue weighted by Gasteiger charge is -2.15. The van der Waals surface area contributed by atoms with Crippen molar-refractivity contribution in [1.29, 1.82) is 0 Å². The van der Waals surface area contributed by atoms with Crippen LogP contribution in [0.4, 0.5) is 17.6 Å². The molecule has 0 aromatic heterocycles. The predicted molar refractivity (Wildman–Crippen MR) is 82.4 cm³/mol. The first-order valence-electron chi connectivity index (χ1n) is 6.81. The van der Waals surface area contributed by atoms with Gasteiger partial charge < -0.3 is 4.74 Å². The Morgan fingerprint density at radius 3 is 2.00 bits per heavy atom. The third kappa shape index (κ3) is 4.07. The Bertz CT molecular complexity index is 885. The van der Waals surface area contributed by atoms with Crippen molar-refractivity contribution in [3.8, 4) is 5.75 Å². The Morgan fingerprint density at radius 1 is 1.00 bits per heavy atom. The van der Waals surface area contributed by atoms with Crippen molar-refractivity contribution in [1.82, 2.24) is 0 Å². The van der Waals surface area contributed by atoms with Gasteiger partial charge in [-0.15, -0.1) is 0 Å². The third-order valence-corrected chi connectivity index (χ3v) is 4.86. The van der Waals surface area contributed by atoms with E-state index in [1.165, 1.54) is 18.2 Å². The van der Waals surface area contributed by atoms with Crippen LogP contribution >= 0.6 is 11.8 Å². The molecule has 0 saturated carbocycles. The van der Waals surface area contributed by atoms with Crippen LogP contribution in [0.1, 0.15) is 13.8 Å². The number of halogens is 4. The molecule has 136 valence electrons. The molecule has 2 aromatic carbocycles. The van der Waals surface area contributed by atoms with E-state index in [0.717, 1.165) is 0 Å². The van der Waals surface area contributed by atoms with Crippen LogP contribution < -0.4 is 4.74 Å². The van der Waals surface area contributed by atoms with E-state index in [9.17, 15) is 26.0 Å². The molecule has 1 N–H and O–H groups in total. The monoisotopic (exact) mass is 396 g/mol. The van der Waals surface area contributed by atoms with Crippen LogP contribution in [-0.4, -0.2) is 19.1 Å². The van der Waals surface area contributed by atoms with E-state index in [4.69, 9.17) is 9.29 Å². The minimum absolute atomic E-state index is 0.160. The van der Waals surface area contributed by atoms with E-state index in [1.54, 1.807) is 19.9 Å². The van der Waals surface area contributed by atoms with E-state index in [2.05, 4.69) is 0 Å². The van der Waals surface area contributed by atoms with Gasteiger partial charge in [0.25, 0.3) is 0 Å². The maximum Gasteiger partial charge on any atom is 0.300 e. The second-order valence-electron chi connectivity index (χ2n) is 5.10. The van der Waals surface area contributed by atoms with Gasteiger partial charge in [0, 0.05) is 0 Å². The zero-order valence-corrected chi connectivity index (χ0v) is 14.5. The van der Waals surface area contributed by atoms with Gasteiger partial charge in [0.1, 0.15) is 5.75 Å². The zero-order valence-electron chi connectivity index (χ0n) is 12.9. The van der Waals surface area contributed by atoms with Crippen molar-refractivity contribution < 1.29 is 35.3 Å². The van der Waals surface area contributed by atoms with Gasteiger partial charge in [-0.2, -0.15) is 8.42 Å². The summed E-state index contributed by atoms with van der Waals surface area (Å²) in [5.41, 5.74) is 0. The molecule has 0 spiro atoms. The summed E-state index contributed by atoms with van der Waals surface area (Å²) in [6.45, 7) is 3.42. The molecule has 0 saturated heterocycles. The van der Waals surface area contributed by atoms with Gasteiger partial charge in [-0.25, -0.2) is 17.6 Å². The Morgan fingerprint density at radius 2 is 1.52 bits per heavy atom. The molecular formula is C15H12F4O4S2. The Labute approximate surface area is 145 Å². The number of hydrogen-bond acceptors (Lipinski definition) is 4. The summed E-state index contributed by atoms with van der Waals surface area (Å²) in [5, 5.41) is 0. The number of rotatable bonds is 5. The molecule has 2 rings (SSSR count). The van der Waals surface area contributed by atoms with Crippen molar-refractivity contribution in [2.45, 2.75) is 34.6 Å². The smallest absolute Gasteiger partial charge is 0.300 e. The topological polar surface area (TPSA) is 63.6 Å². The van der Waals surface area contributed by atoms with Gasteiger partial charge in [0.2, 0.25) is 0 Å². The quantitative estimate of drug-likeness (QED) is 0.460. The normalized spacial score (nSPS) is 11.8. The van der Waals surface area contributed by atoms with E-state index in [1.807, 2.05) is 0 Å². The fraction of sp³-hybridized carbons (Fsp3) is 0.200. The maximum atomic E-state index is 14.1. The van der Waals surface area contributed by atoms with Gasteiger partial charge in [-0.1, -0.05) is 23.9 Å². The van der Waals surface area contributed by atoms with E-state index in [0.29, 0.717) is 11.8 Å². The molecule has 0 aliphatic heterocycles. The highest BCUT2D eigenvalue weighted by Crippen LogP contribution is 2.40. The average molecular weight is 396 g/mol. The summed E-state index contributed by atoms with van der Waals surface area (Å²) in [6.07, 6.45) is -0.271. The Hall–Kier alpha value is -1.78. The van der Waals surface area contributed by atoms with Crippen molar-refractivity contribution in [2.24, 2.45) is 0 Å². The molecule has 0 heterocycles. The van der Waals surface area contributed by atoms with Gasteiger partial charge in [-0.05, 0) is 26.0 Å². The lowest BCUT2D eigenvalue weighted by atomic mass is 10.3. The molecule has 0 radical (unpaired) electrons. The summed E-state index contributed by atoms with van der Waals surface area (Å²) >= 11 is 0.326. The second kappa shape index (κ2) is 7.22. The minimum atomic E-state index is -5.49. The molecule has 0 unspecified atom stereocenters. The number of hydrogen-bond donors (Lipinski definition) is 1. The summed E-state index contributed by atoms with van der Waals surface area (Å²) in [4.78, 5) is -3.01. The number of para-hydroxylation sites is 1. The predicted octanol–water partition coefficient (Wildman–Crippen LogP) is 4.43. The van der Waals surface area contributed by atoms with Crippen molar-refractivity contribution in [3.05, 3.63) is 47.5 Å². The van der Waals surface area contributed by atoms with Crippen LogP contribution in [0.25, 0.3) is 0 Å². The van der Waals surface area contributed by atoms with Gasteiger partial charge in [0.15, 0.2) is 28.2 Å². The van der Waals surface area contributed by atoms with E-state index < -0.39 is 43.2 Å². The van der Waals surface area contributed by atoms with Crippen LogP contribution in [0.3, 0.4) is 0 Å². The molecule has 0 bridgehead atoms. The molecule has 0 fully saturated rings. The maximum absolute atomic E-state index is 14.1. The van der Waals surface area contributed by atoms with Crippen LogP contribution in [0.5, 0.6) is 5.75 Å². The molecule has 0 amide bonds. The van der Waals surface area contributed by atoms with Gasteiger partial charge in [0.05, 0.1) is 15.9 Å². The molecule has 10 heteroatoms. The third-order valence-electron chi connectivity index (χ3n) is 2.86. The standard InChI is InChI=1S/C15H12F4O4S2/c1-7(2)23-8-5-3-4-6-9(8)24-14-10(16)12(18)15(25(20,21)22)13(19)11(14)17/h3-7H,1-2H3,(H,20,21,22). The van der Waals surface area contributed by atoms with Crippen LogP contribution in [0.15, 0.2) is 39.0 Å². The fourth-order valence-corrected chi connectivity index (χ4v) is 3.48. The molecule has 0 aliphatic carbocycles. The summed E-state index contributed by atoms with van der Waals surface area (Å²) in [7, 11) is -5.49. The zero-order chi connectivity index (χ0) is 18.9. The highest BCUT2D eigenvalue weighted by molar-refractivity contribution is 7.99. The van der Waals surface area contributed by atoms with Crippen molar-refractivity contribution >= 4 is 21.9 Å². The van der Waals surface area contributed by atoms with Crippen LogP contribution in [-0.2, 0) is 10.1 Å². The minimum Gasteiger partial charge on any atom is -0.490 e. The first-order chi connectivity index (χ1) is 11.5. The van der Waals surface area contributed by atoms with E-state index in [-0.39, 0.29) is 16.7 Å². The number of benzene rings is 2. The average Bonchev–Trinajstić information content (AvgIpc) is 2.49. The summed E-state index contributed by atoms with van der Waals surface area (Å²) in [6, 6.07) is 6.02. The molecule has 4 nitrogen and oxygen atoms in total. The second-order valence-corrected chi connectivity index (χ2v) is 7.52. The first-order valence-corrected chi connectivity index (χ1v) is 9.06. The highest BCUT2D eigenvalue weighted by Gasteiger charge is 2.32. The van der Waals surface area contributed by atoms with Gasteiger partial charge >= 0.3 is 10.1 Å². The molecule has 2 aromatic rings. The lowest BCUT2D eigenvalue weighted by molar-refractivity contribution is 0.236. The largest absolute Gasteiger partial charge is 0.490 e. The van der Waals surface area contributed by atoms with Crippen LogP contribution in [0, 0.1) is 23.3 Å². The highest BCUT2D eigenvalue weighted by atomic mass is 32.2. The van der Waals surface area contributed by atoms with Crippen molar-refractivity contribution in [2.75, 3.05) is 0 Å². The van der Waals surface area contributed by atoms with E-state index >= 15 is 0 Å². The SMILES string of the molecule is CC(C)Oc1ccccc1Sc1c(F)c(F)c(S(=O)(=O)O)c(F)c1F. The first kappa shape index (κ1) is 19.5. The fourth-order valence-electron chi connectivity index (χ4n) is 1.90. The molecule has 0 atom stereocenters. The van der Waals surface area contributed by atoms with Crippen LogP contribution in [0.2, 0.25) is 0 Å². The summed E-state index contributed by atoms with van der Waals surface area (Å²) < 4.78 is 92.0. The van der Waals surface area contributed by atoms with Crippen molar-refractivity contribution in [3.63, 3.8) is 0 Å². The lowest BCUT2D eigenvalue weighted by Crippen LogP contribution is -2.11. The Balaban J connectivity index is 2.60. The summed E-state index contributed by atoms with van der Waals surface area (Å²) in [5.74, 6) is -8.05. The molecule has 25 heavy (non-hydrogen) atoms.